The zero-order valence-corrected chi connectivity index (χ0v) is 34.0. The minimum atomic E-state index is -0.319. The molecular formula is C51H52O3. The molecule has 54 heavy (non-hydrogen) atoms. The van der Waals surface area contributed by atoms with Gasteiger partial charge in [-0.05, 0) is 199 Å². The van der Waals surface area contributed by atoms with Gasteiger partial charge in [0.2, 0.25) is 0 Å². The number of ether oxygens (including phenoxy) is 1. The zero-order chi connectivity index (χ0) is 39.2. The van der Waals surface area contributed by atoms with E-state index in [4.69, 9.17) is 4.74 Å². The summed E-state index contributed by atoms with van der Waals surface area (Å²) in [5.41, 5.74) is 25.6. The number of methoxy groups -OCH3 is 1. The van der Waals surface area contributed by atoms with Crippen molar-refractivity contribution >= 4 is 11.8 Å². The molecule has 6 aromatic carbocycles. The SMILES string of the molecule is CCC(=O)c1ccc(-c2cc(C)c(-c3cc(C)c(-c4cc(C)c(-c5cc(C)c(-c6ccc(C(=O)OC)cc6C)cc5C)cc4C)cc3C)cc2C)c(C)c1. The summed E-state index contributed by atoms with van der Waals surface area (Å²) < 4.78 is 4.93. The molecule has 274 valence electrons. The predicted octanol–water partition coefficient (Wildman–Crippen LogP) is 13.5. The number of rotatable bonds is 8. The number of esters is 1. The van der Waals surface area contributed by atoms with Gasteiger partial charge in [-0.3, -0.25) is 4.79 Å². The Morgan fingerprint density at radius 1 is 0.370 bits per heavy atom. The second kappa shape index (κ2) is 15.1. The van der Waals surface area contributed by atoms with Gasteiger partial charge in [-0.25, -0.2) is 4.79 Å². The highest BCUT2D eigenvalue weighted by atomic mass is 16.5. The first-order valence-electron chi connectivity index (χ1n) is 18.9. The zero-order valence-electron chi connectivity index (χ0n) is 34.0. The number of carbonyl (C=O) groups is 2. The molecule has 0 fully saturated rings. The summed E-state index contributed by atoms with van der Waals surface area (Å²) in [6.45, 7) is 23.7. The van der Waals surface area contributed by atoms with Crippen molar-refractivity contribution in [3.05, 3.63) is 152 Å². The highest BCUT2D eigenvalue weighted by Crippen LogP contribution is 2.41. The van der Waals surface area contributed by atoms with Gasteiger partial charge < -0.3 is 4.74 Å². The van der Waals surface area contributed by atoms with E-state index in [0.717, 1.165) is 22.3 Å². The van der Waals surface area contributed by atoms with Gasteiger partial charge in [0.1, 0.15) is 0 Å². The third-order valence-electron chi connectivity index (χ3n) is 11.3. The van der Waals surface area contributed by atoms with Crippen LogP contribution >= 0.6 is 0 Å². The molecule has 0 heterocycles. The van der Waals surface area contributed by atoms with E-state index in [2.05, 4.69) is 117 Å². The van der Waals surface area contributed by atoms with Crippen LogP contribution in [0.25, 0.3) is 55.6 Å². The normalized spacial score (nSPS) is 11.2. The third kappa shape index (κ3) is 7.08. The van der Waals surface area contributed by atoms with E-state index in [0.29, 0.717) is 12.0 Å². The van der Waals surface area contributed by atoms with Crippen LogP contribution in [0.15, 0.2) is 84.9 Å². The average Bonchev–Trinajstić information content (AvgIpc) is 3.14. The maximum Gasteiger partial charge on any atom is 0.337 e. The maximum absolute atomic E-state index is 12.3. The highest BCUT2D eigenvalue weighted by Gasteiger charge is 2.18. The summed E-state index contributed by atoms with van der Waals surface area (Å²) in [5, 5.41) is 0. The molecular weight excluding hydrogens is 661 g/mol. The maximum atomic E-state index is 12.3. The number of hydrogen-bond donors (Lipinski definition) is 0. The molecule has 0 aliphatic heterocycles. The van der Waals surface area contributed by atoms with Crippen molar-refractivity contribution in [3.63, 3.8) is 0 Å². The Kier molecular flexibility index (Phi) is 10.7. The van der Waals surface area contributed by atoms with Gasteiger partial charge in [0.15, 0.2) is 5.78 Å². The van der Waals surface area contributed by atoms with Crippen molar-refractivity contribution in [1.29, 1.82) is 0 Å². The smallest absolute Gasteiger partial charge is 0.337 e. The van der Waals surface area contributed by atoms with Crippen LogP contribution in [0.4, 0.5) is 0 Å². The Labute approximate surface area is 322 Å². The van der Waals surface area contributed by atoms with Crippen LogP contribution in [-0.2, 0) is 4.74 Å². The first-order chi connectivity index (χ1) is 25.6. The summed E-state index contributed by atoms with van der Waals surface area (Å²) in [6.07, 6.45) is 0.515. The molecule has 3 nitrogen and oxygen atoms in total. The summed E-state index contributed by atoms with van der Waals surface area (Å²) in [5.74, 6) is -0.142. The van der Waals surface area contributed by atoms with E-state index in [1.165, 1.54) is 102 Å². The Bertz CT molecular complexity index is 2320. The number of carbonyl (C=O) groups excluding carboxylic acids is 2. The second-order valence-electron chi connectivity index (χ2n) is 15.3. The third-order valence-corrected chi connectivity index (χ3v) is 11.3. The van der Waals surface area contributed by atoms with E-state index in [9.17, 15) is 9.59 Å². The van der Waals surface area contributed by atoms with Crippen LogP contribution < -0.4 is 0 Å². The van der Waals surface area contributed by atoms with Gasteiger partial charge in [0.25, 0.3) is 0 Å². The Hall–Kier alpha value is -5.54. The number of aryl methyl sites for hydroxylation is 10. The average molecular weight is 713 g/mol. The predicted molar refractivity (Wildman–Crippen MR) is 227 cm³/mol. The summed E-state index contributed by atoms with van der Waals surface area (Å²) in [4.78, 5) is 24.4. The summed E-state index contributed by atoms with van der Waals surface area (Å²) >= 11 is 0. The number of ketones is 1. The molecule has 0 radical (unpaired) electrons. The van der Waals surface area contributed by atoms with E-state index in [1.54, 1.807) is 0 Å². The van der Waals surface area contributed by atoms with Crippen LogP contribution in [0, 0.1) is 69.2 Å². The van der Waals surface area contributed by atoms with Crippen LogP contribution in [0.3, 0.4) is 0 Å². The van der Waals surface area contributed by atoms with Gasteiger partial charge >= 0.3 is 5.97 Å². The molecule has 3 heteroatoms. The van der Waals surface area contributed by atoms with Crippen molar-refractivity contribution in [2.45, 2.75) is 82.6 Å². The summed E-state index contributed by atoms with van der Waals surface area (Å²) in [6, 6.07) is 30.5. The van der Waals surface area contributed by atoms with E-state index in [1.807, 2.05) is 44.2 Å². The second-order valence-corrected chi connectivity index (χ2v) is 15.3. The van der Waals surface area contributed by atoms with Crippen LogP contribution in [0.5, 0.6) is 0 Å². The largest absolute Gasteiger partial charge is 0.465 e. The molecule has 0 N–H and O–H groups in total. The molecule has 0 spiro atoms. The minimum absolute atomic E-state index is 0.178. The fourth-order valence-corrected chi connectivity index (χ4v) is 8.14. The van der Waals surface area contributed by atoms with Crippen molar-refractivity contribution < 1.29 is 14.3 Å². The molecule has 0 atom stereocenters. The molecule has 0 aliphatic carbocycles. The Morgan fingerprint density at radius 2 is 0.611 bits per heavy atom. The fraction of sp³-hybridized carbons (Fsp3) is 0.255. The first-order valence-corrected chi connectivity index (χ1v) is 18.9. The van der Waals surface area contributed by atoms with Crippen molar-refractivity contribution in [2.75, 3.05) is 7.11 Å². The van der Waals surface area contributed by atoms with E-state index >= 15 is 0 Å². The van der Waals surface area contributed by atoms with Gasteiger partial charge in [0, 0.05) is 12.0 Å². The number of Topliss-reactive ketones (excluding diaryl/α,β-unsaturated/α-hetero) is 1. The molecule has 0 saturated heterocycles. The molecule has 0 saturated carbocycles. The standard InChI is InChI=1S/C51H52O3/c1-13-50(52)38-14-16-40(28(2)18-38)42-20-32(6)44(22-30(42)4)46-24-36(10)48(26-34(46)8)49-27-35(9)47(25-37(49)11)45-23-31(5)43(21-33(45)7)41-17-15-39(19-29(41)3)51(53)54-12/h14-27H,13H2,1-12H3. The van der Waals surface area contributed by atoms with Gasteiger partial charge in [-0.2, -0.15) is 0 Å². The van der Waals surface area contributed by atoms with Gasteiger partial charge in [-0.15, -0.1) is 0 Å². The minimum Gasteiger partial charge on any atom is -0.465 e. The molecule has 0 bridgehead atoms. The lowest BCUT2D eigenvalue weighted by Crippen LogP contribution is -2.02. The molecule has 6 rings (SSSR count). The van der Waals surface area contributed by atoms with Crippen molar-refractivity contribution in [1.82, 2.24) is 0 Å². The lowest BCUT2D eigenvalue weighted by Gasteiger charge is -2.20. The van der Waals surface area contributed by atoms with Crippen LogP contribution in [0.2, 0.25) is 0 Å². The molecule has 6 aromatic rings. The van der Waals surface area contributed by atoms with Crippen LogP contribution in [0.1, 0.15) is 89.7 Å². The Morgan fingerprint density at radius 3 is 0.870 bits per heavy atom. The molecule has 0 unspecified atom stereocenters. The first kappa shape index (κ1) is 38.2. The number of hydrogen-bond acceptors (Lipinski definition) is 3. The highest BCUT2D eigenvalue weighted by molar-refractivity contribution is 5.97. The number of benzene rings is 6. The lowest BCUT2D eigenvalue weighted by molar-refractivity contribution is 0.0600. The van der Waals surface area contributed by atoms with Crippen molar-refractivity contribution in [2.24, 2.45) is 0 Å². The van der Waals surface area contributed by atoms with Gasteiger partial charge in [0.05, 0.1) is 12.7 Å². The molecule has 0 aliphatic rings. The van der Waals surface area contributed by atoms with E-state index < -0.39 is 0 Å². The molecule has 0 aromatic heterocycles. The summed E-state index contributed by atoms with van der Waals surface area (Å²) in [7, 11) is 1.41. The van der Waals surface area contributed by atoms with Crippen LogP contribution in [-0.4, -0.2) is 18.9 Å². The Balaban J connectivity index is 1.33. The van der Waals surface area contributed by atoms with Crippen molar-refractivity contribution in [3.8, 4) is 55.6 Å². The quantitative estimate of drug-likeness (QED) is 0.117. The lowest BCUT2D eigenvalue weighted by atomic mass is 9.84. The van der Waals surface area contributed by atoms with E-state index in [-0.39, 0.29) is 11.8 Å². The van der Waals surface area contributed by atoms with Gasteiger partial charge in [-0.1, -0.05) is 73.7 Å². The fourth-order valence-electron chi connectivity index (χ4n) is 8.14. The monoisotopic (exact) mass is 712 g/mol. The topological polar surface area (TPSA) is 43.4 Å². The molecule has 0 amide bonds.